The van der Waals surface area contributed by atoms with E-state index in [2.05, 4.69) is 0 Å². The first-order valence-corrected chi connectivity index (χ1v) is 7.57. The van der Waals surface area contributed by atoms with E-state index in [9.17, 15) is 4.79 Å². The Morgan fingerprint density at radius 3 is 2.35 bits per heavy atom. The van der Waals surface area contributed by atoms with E-state index in [1.807, 2.05) is 42.5 Å². The van der Waals surface area contributed by atoms with Crippen LogP contribution in [0.2, 0.25) is 0 Å². The largest absolute Gasteiger partial charge is 0.497 e. The molecule has 120 valence electrons. The molecule has 0 fully saturated rings. The van der Waals surface area contributed by atoms with Gasteiger partial charge in [0.2, 0.25) is 0 Å². The lowest BCUT2D eigenvalue weighted by Gasteiger charge is -2.04. The molecule has 0 bridgehead atoms. The van der Waals surface area contributed by atoms with Gasteiger partial charge in [-0.2, -0.15) is 0 Å². The number of anilines is 2. The van der Waals surface area contributed by atoms with Gasteiger partial charge in [-0.1, -0.05) is 18.2 Å². The molecule has 0 spiro atoms. The van der Waals surface area contributed by atoms with Crippen LogP contribution >= 0.6 is 0 Å². The first-order valence-electron chi connectivity index (χ1n) is 7.57. The molecule has 4 heteroatoms. The molecule has 2 rings (SSSR count). The van der Waals surface area contributed by atoms with Gasteiger partial charge in [0.05, 0.1) is 7.11 Å². The van der Waals surface area contributed by atoms with E-state index in [4.69, 9.17) is 16.2 Å². The second-order valence-electron chi connectivity index (χ2n) is 5.43. The van der Waals surface area contributed by atoms with Crippen molar-refractivity contribution >= 4 is 23.2 Å². The fraction of sp³-hybridized carbons (Fsp3) is 0.211. The molecule has 0 aromatic heterocycles. The van der Waals surface area contributed by atoms with Crippen molar-refractivity contribution in [1.29, 1.82) is 0 Å². The Morgan fingerprint density at radius 2 is 1.74 bits per heavy atom. The fourth-order valence-electron chi connectivity index (χ4n) is 2.34. The molecule has 0 radical (unpaired) electrons. The minimum Gasteiger partial charge on any atom is -0.497 e. The lowest BCUT2D eigenvalue weighted by atomic mass is 10.0. The lowest BCUT2D eigenvalue weighted by Crippen LogP contribution is -1.97. The van der Waals surface area contributed by atoms with Gasteiger partial charge in [0.15, 0.2) is 5.78 Å². The number of hydrogen-bond acceptors (Lipinski definition) is 4. The first-order chi connectivity index (χ1) is 11.1. The molecule has 2 aromatic rings. The summed E-state index contributed by atoms with van der Waals surface area (Å²) in [5.41, 5.74) is 14.9. The minimum absolute atomic E-state index is 0.109. The lowest BCUT2D eigenvalue weighted by molar-refractivity contribution is -0.114. The highest BCUT2D eigenvalue weighted by atomic mass is 16.5. The van der Waals surface area contributed by atoms with E-state index >= 15 is 0 Å². The molecule has 0 aliphatic carbocycles. The van der Waals surface area contributed by atoms with E-state index in [0.29, 0.717) is 17.8 Å². The summed E-state index contributed by atoms with van der Waals surface area (Å²) in [4.78, 5) is 11.9. The molecule has 0 saturated carbocycles. The first kappa shape index (κ1) is 16.6. The molecule has 0 heterocycles. The van der Waals surface area contributed by atoms with Crippen molar-refractivity contribution in [3.8, 4) is 5.75 Å². The van der Waals surface area contributed by atoms with Gasteiger partial charge in [-0.05, 0) is 60.4 Å². The maximum atomic E-state index is 11.9. The van der Waals surface area contributed by atoms with Crippen molar-refractivity contribution in [1.82, 2.24) is 0 Å². The third kappa shape index (κ3) is 5.51. The van der Waals surface area contributed by atoms with Crippen molar-refractivity contribution in [3.05, 3.63) is 59.7 Å². The number of aryl methyl sites for hydroxylation is 1. The van der Waals surface area contributed by atoms with Gasteiger partial charge in [-0.15, -0.1) is 0 Å². The molecule has 0 atom stereocenters. The fourth-order valence-corrected chi connectivity index (χ4v) is 2.34. The quantitative estimate of drug-likeness (QED) is 0.606. The minimum atomic E-state index is 0.109. The maximum absolute atomic E-state index is 11.9. The summed E-state index contributed by atoms with van der Waals surface area (Å²) in [5.74, 6) is 0.910. The molecule has 0 aliphatic rings. The Morgan fingerprint density at radius 1 is 1.09 bits per heavy atom. The second kappa shape index (κ2) is 8.03. The van der Waals surface area contributed by atoms with Gasteiger partial charge in [0.25, 0.3) is 0 Å². The van der Waals surface area contributed by atoms with E-state index in [1.54, 1.807) is 19.3 Å². The zero-order valence-corrected chi connectivity index (χ0v) is 13.3. The van der Waals surface area contributed by atoms with Crippen LogP contribution in [0.4, 0.5) is 11.4 Å². The third-order valence-electron chi connectivity index (χ3n) is 3.50. The zero-order valence-electron chi connectivity index (χ0n) is 13.3. The Balaban J connectivity index is 1.81. The van der Waals surface area contributed by atoms with E-state index < -0.39 is 0 Å². The molecule has 0 saturated heterocycles. The Bertz CT molecular complexity index is 671. The average Bonchev–Trinajstić information content (AvgIpc) is 2.52. The van der Waals surface area contributed by atoms with Gasteiger partial charge in [-0.25, -0.2) is 0 Å². The normalized spacial score (nSPS) is 10.8. The van der Waals surface area contributed by atoms with Crippen LogP contribution in [0, 0.1) is 0 Å². The topological polar surface area (TPSA) is 78.3 Å². The summed E-state index contributed by atoms with van der Waals surface area (Å²) in [7, 11) is 1.63. The molecule has 4 nitrogen and oxygen atoms in total. The monoisotopic (exact) mass is 310 g/mol. The summed E-state index contributed by atoms with van der Waals surface area (Å²) in [6, 6.07) is 13.1. The summed E-state index contributed by atoms with van der Waals surface area (Å²) < 4.78 is 5.10. The van der Waals surface area contributed by atoms with Gasteiger partial charge >= 0.3 is 0 Å². The van der Waals surface area contributed by atoms with Crippen molar-refractivity contribution in [2.75, 3.05) is 18.6 Å². The van der Waals surface area contributed by atoms with E-state index in [0.717, 1.165) is 29.7 Å². The molecule has 4 N–H and O–H groups in total. The predicted molar refractivity (Wildman–Crippen MR) is 95.2 cm³/mol. The smallest absolute Gasteiger partial charge is 0.155 e. The average molecular weight is 310 g/mol. The number of ether oxygens (including phenoxy) is 1. The van der Waals surface area contributed by atoms with Crippen LogP contribution < -0.4 is 16.2 Å². The second-order valence-corrected chi connectivity index (χ2v) is 5.43. The third-order valence-corrected chi connectivity index (χ3v) is 3.50. The molecule has 0 aliphatic heterocycles. The van der Waals surface area contributed by atoms with Crippen LogP contribution in [-0.4, -0.2) is 12.9 Å². The van der Waals surface area contributed by atoms with Crippen LogP contribution in [0.15, 0.2) is 48.5 Å². The predicted octanol–water partition coefficient (Wildman–Crippen LogP) is 3.46. The van der Waals surface area contributed by atoms with Crippen LogP contribution in [0.5, 0.6) is 5.75 Å². The zero-order chi connectivity index (χ0) is 16.7. The van der Waals surface area contributed by atoms with Crippen LogP contribution in [0.1, 0.15) is 24.0 Å². The van der Waals surface area contributed by atoms with Gasteiger partial charge in [0, 0.05) is 17.8 Å². The number of carbonyl (C=O) groups is 1. The Kier molecular flexibility index (Phi) is 5.80. The molecular weight excluding hydrogens is 288 g/mol. The Labute approximate surface area is 136 Å². The van der Waals surface area contributed by atoms with Gasteiger partial charge in [-0.3, -0.25) is 4.79 Å². The molecular formula is C19H22N2O2. The number of nitrogen functional groups attached to an aromatic ring is 2. The highest BCUT2D eigenvalue weighted by Crippen LogP contribution is 2.16. The summed E-state index contributed by atoms with van der Waals surface area (Å²) in [6.07, 6.45) is 5.50. The number of carbonyl (C=O) groups excluding carboxylic acids is 1. The Hall–Kier alpha value is -2.75. The number of benzene rings is 2. The standard InChI is InChI=1S/C19H22N2O2/c1-23-19-9-6-14(7-10-19)5-8-18(22)4-2-3-15-11-16(20)13-17(21)12-15/h5-13H,2-4,20-21H2,1H3/b8-5+. The molecule has 0 unspecified atom stereocenters. The van der Waals surface area contributed by atoms with Crippen molar-refractivity contribution in [2.24, 2.45) is 0 Å². The highest BCUT2D eigenvalue weighted by molar-refractivity contribution is 5.93. The number of hydrogen-bond donors (Lipinski definition) is 2. The van der Waals surface area contributed by atoms with Crippen molar-refractivity contribution in [3.63, 3.8) is 0 Å². The van der Waals surface area contributed by atoms with Crippen molar-refractivity contribution in [2.45, 2.75) is 19.3 Å². The number of rotatable bonds is 7. The van der Waals surface area contributed by atoms with Gasteiger partial charge < -0.3 is 16.2 Å². The summed E-state index contributed by atoms with van der Waals surface area (Å²) in [6.45, 7) is 0. The number of ketones is 1. The number of allylic oxidation sites excluding steroid dienone is 1. The number of nitrogens with two attached hydrogens (primary N) is 2. The van der Waals surface area contributed by atoms with E-state index in [1.165, 1.54) is 0 Å². The summed E-state index contributed by atoms with van der Waals surface area (Å²) >= 11 is 0. The molecule has 23 heavy (non-hydrogen) atoms. The summed E-state index contributed by atoms with van der Waals surface area (Å²) in [5, 5.41) is 0. The van der Waals surface area contributed by atoms with Crippen molar-refractivity contribution < 1.29 is 9.53 Å². The van der Waals surface area contributed by atoms with Crippen LogP contribution in [0.3, 0.4) is 0 Å². The van der Waals surface area contributed by atoms with Crippen LogP contribution in [-0.2, 0) is 11.2 Å². The highest BCUT2D eigenvalue weighted by Gasteiger charge is 2.01. The maximum Gasteiger partial charge on any atom is 0.155 e. The number of methoxy groups -OCH3 is 1. The van der Waals surface area contributed by atoms with Crippen LogP contribution in [0.25, 0.3) is 6.08 Å². The van der Waals surface area contributed by atoms with Gasteiger partial charge in [0.1, 0.15) is 5.75 Å². The molecule has 0 amide bonds. The van der Waals surface area contributed by atoms with E-state index in [-0.39, 0.29) is 5.78 Å². The SMILES string of the molecule is COc1ccc(/C=C/C(=O)CCCc2cc(N)cc(N)c2)cc1. The molecule has 2 aromatic carbocycles.